The Bertz CT molecular complexity index is 922. The minimum absolute atomic E-state index is 0.00525. The molecule has 0 bridgehead atoms. The van der Waals surface area contributed by atoms with Crippen LogP contribution in [0.5, 0.6) is 11.5 Å². The van der Waals surface area contributed by atoms with E-state index in [0.29, 0.717) is 43.5 Å². The fourth-order valence-electron chi connectivity index (χ4n) is 3.82. The second kappa shape index (κ2) is 8.74. The van der Waals surface area contributed by atoms with Crippen molar-refractivity contribution >= 4 is 17.6 Å². The van der Waals surface area contributed by atoms with E-state index in [-0.39, 0.29) is 30.4 Å². The molecule has 0 saturated carbocycles. The maximum Gasteiger partial charge on any atom is 0.245 e. The Morgan fingerprint density at radius 2 is 2.23 bits per heavy atom. The van der Waals surface area contributed by atoms with Gasteiger partial charge in [-0.25, -0.2) is 0 Å². The number of carbonyl (C=O) groups is 2. The highest BCUT2D eigenvalue weighted by molar-refractivity contribution is 5.94. The molecule has 0 spiro atoms. The summed E-state index contributed by atoms with van der Waals surface area (Å²) in [6, 6.07) is 7.49. The Kier molecular flexibility index (Phi) is 5.89. The Labute approximate surface area is 174 Å². The van der Waals surface area contributed by atoms with Crippen molar-refractivity contribution in [1.82, 2.24) is 15.1 Å². The molecule has 9 heteroatoms. The molecule has 2 aliphatic rings. The third-order valence-corrected chi connectivity index (χ3v) is 5.37. The fraction of sp³-hybridized carbons (Fsp3) is 0.476. The Balaban J connectivity index is 1.40. The maximum absolute atomic E-state index is 12.5. The monoisotopic (exact) mass is 414 g/mol. The summed E-state index contributed by atoms with van der Waals surface area (Å²) < 4.78 is 16.9. The molecule has 2 saturated heterocycles. The number of anilines is 1. The van der Waals surface area contributed by atoms with Gasteiger partial charge in [-0.3, -0.25) is 14.7 Å². The number of nitrogens with zero attached hydrogens (tertiary/aromatic N) is 2. The second-order valence-electron chi connectivity index (χ2n) is 7.66. The standard InChI is InChI=1S/C21H26N4O5/c1-13-7-19(24-23-13)22-20(26)11-25-10-15(9-21(25)27)14-3-4-17(28-2)18(8-14)30-16-5-6-29-12-16/h3-4,7-8,15-16H,5-6,9-12H2,1-2H3,(H2,22,23,24,26)/t15-,16-/m1/s1. The van der Waals surface area contributed by atoms with Crippen LogP contribution in [0, 0.1) is 6.92 Å². The molecule has 30 heavy (non-hydrogen) atoms. The second-order valence-corrected chi connectivity index (χ2v) is 7.66. The van der Waals surface area contributed by atoms with Gasteiger partial charge in [0.15, 0.2) is 11.5 Å². The first-order valence-corrected chi connectivity index (χ1v) is 10.0. The Morgan fingerprint density at radius 3 is 2.93 bits per heavy atom. The van der Waals surface area contributed by atoms with E-state index < -0.39 is 0 Å². The van der Waals surface area contributed by atoms with E-state index >= 15 is 0 Å². The zero-order chi connectivity index (χ0) is 21.1. The third kappa shape index (κ3) is 4.56. The summed E-state index contributed by atoms with van der Waals surface area (Å²) in [5.41, 5.74) is 1.77. The molecule has 0 unspecified atom stereocenters. The van der Waals surface area contributed by atoms with Crippen LogP contribution in [0.4, 0.5) is 5.82 Å². The van der Waals surface area contributed by atoms with Gasteiger partial charge >= 0.3 is 0 Å². The van der Waals surface area contributed by atoms with Gasteiger partial charge in [0.25, 0.3) is 0 Å². The molecule has 0 aliphatic carbocycles. The predicted octanol–water partition coefficient (Wildman–Crippen LogP) is 1.85. The van der Waals surface area contributed by atoms with Crippen LogP contribution in [-0.4, -0.2) is 66.4 Å². The lowest BCUT2D eigenvalue weighted by Gasteiger charge is -2.18. The predicted molar refractivity (Wildman–Crippen MR) is 109 cm³/mol. The minimum Gasteiger partial charge on any atom is -0.493 e. The summed E-state index contributed by atoms with van der Waals surface area (Å²) in [6.07, 6.45) is 1.20. The first kappa shape index (κ1) is 20.2. The van der Waals surface area contributed by atoms with Crippen molar-refractivity contribution in [3.05, 3.63) is 35.5 Å². The van der Waals surface area contributed by atoms with Crippen molar-refractivity contribution in [2.45, 2.75) is 31.8 Å². The van der Waals surface area contributed by atoms with Crippen LogP contribution in [-0.2, 0) is 14.3 Å². The number of rotatable bonds is 7. The molecule has 9 nitrogen and oxygen atoms in total. The number of likely N-dealkylation sites (tertiary alicyclic amines) is 1. The molecule has 4 rings (SSSR count). The van der Waals surface area contributed by atoms with Gasteiger partial charge in [-0.2, -0.15) is 5.10 Å². The normalized spacial score (nSPS) is 21.1. The van der Waals surface area contributed by atoms with E-state index in [0.717, 1.165) is 17.7 Å². The molecule has 160 valence electrons. The molecule has 2 amide bonds. The highest BCUT2D eigenvalue weighted by Gasteiger charge is 2.32. The lowest BCUT2D eigenvalue weighted by atomic mass is 9.98. The SMILES string of the molecule is COc1ccc([C@@H]2CC(=O)N(CC(=O)Nc3cc(C)n[nH]3)C2)cc1O[C@@H]1CCOC1. The minimum atomic E-state index is -0.257. The number of aryl methyl sites for hydroxylation is 1. The van der Waals surface area contributed by atoms with E-state index in [4.69, 9.17) is 14.2 Å². The number of hydrogen-bond acceptors (Lipinski definition) is 6. The van der Waals surface area contributed by atoms with E-state index in [1.807, 2.05) is 25.1 Å². The number of methoxy groups -OCH3 is 1. The summed E-state index contributed by atoms with van der Waals surface area (Å²) >= 11 is 0. The smallest absolute Gasteiger partial charge is 0.245 e. The number of H-pyrrole nitrogens is 1. The van der Waals surface area contributed by atoms with Crippen LogP contribution in [0.2, 0.25) is 0 Å². The van der Waals surface area contributed by atoms with Gasteiger partial charge in [0.1, 0.15) is 11.9 Å². The summed E-state index contributed by atoms with van der Waals surface area (Å²) in [5.74, 6) is 1.53. The van der Waals surface area contributed by atoms with Crippen molar-refractivity contribution in [1.29, 1.82) is 0 Å². The molecule has 1 aromatic heterocycles. The number of carbonyl (C=O) groups excluding carboxylic acids is 2. The van der Waals surface area contributed by atoms with Gasteiger partial charge in [-0.05, 0) is 24.6 Å². The van der Waals surface area contributed by atoms with Gasteiger partial charge in [0.05, 0.1) is 32.6 Å². The van der Waals surface area contributed by atoms with Crippen LogP contribution < -0.4 is 14.8 Å². The summed E-state index contributed by atoms with van der Waals surface area (Å²) in [5, 5.41) is 9.44. The molecule has 1 aromatic carbocycles. The van der Waals surface area contributed by atoms with Crippen LogP contribution in [0.1, 0.15) is 30.0 Å². The molecular weight excluding hydrogens is 388 g/mol. The number of amides is 2. The average Bonchev–Trinajstić information content (AvgIpc) is 3.45. The highest BCUT2D eigenvalue weighted by Crippen LogP contribution is 2.36. The van der Waals surface area contributed by atoms with Gasteiger partial charge in [0.2, 0.25) is 11.8 Å². The summed E-state index contributed by atoms with van der Waals surface area (Å²) in [4.78, 5) is 26.4. The number of aromatic amines is 1. The maximum atomic E-state index is 12.5. The molecule has 3 heterocycles. The van der Waals surface area contributed by atoms with E-state index in [9.17, 15) is 9.59 Å². The number of ether oxygens (including phenoxy) is 3. The van der Waals surface area contributed by atoms with Crippen LogP contribution >= 0.6 is 0 Å². The Morgan fingerprint density at radius 1 is 1.37 bits per heavy atom. The van der Waals surface area contributed by atoms with Gasteiger partial charge in [-0.15, -0.1) is 0 Å². The molecule has 2 N–H and O–H groups in total. The summed E-state index contributed by atoms with van der Waals surface area (Å²) in [6.45, 7) is 3.57. The topological polar surface area (TPSA) is 106 Å². The van der Waals surface area contributed by atoms with Gasteiger partial charge in [0, 0.05) is 31.4 Å². The zero-order valence-corrected chi connectivity index (χ0v) is 17.1. The van der Waals surface area contributed by atoms with Crippen molar-refractivity contribution in [2.75, 3.05) is 38.7 Å². The number of aromatic nitrogens is 2. The van der Waals surface area contributed by atoms with Gasteiger partial charge < -0.3 is 24.4 Å². The van der Waals surface area contributed by atoms with Crippen molar-refractivity contribution < 1.29 is 23.8 Å². The number of benzene rings is 1. The lowest BCUT2D eigenvalue weighted by Crippen LogP contribution is -2.34. The highest BCUT2D eigenvalue weighted by atomic mass is 16.6. The third-order valence-electron chi connectivity index (χ3n) is 5.37. The Hall–Kier alpha value is -3.07. The molecular formula is C21H26N4O5. The van der Waals surface area contributed by atoms with Crippen molar-refractivity contribution in [3.63, 3.8) is 0 Å². The first-order valence-electron chi connectivity index (χ1n) is 10.0. The van der Waals surface area contributed by atoms with Crippen LogP contribution in [0.15, 0.2) is 24.3 Å². The van der Waals surface area contributed by atoms with E-state index in [1.54, 1.807) is 18.1 Å². The lowest BCUT2D eigenvalue weighted by molar-refractivity contribution is -0.131. The molecule has 2 aliphatic heterocycles. The van der Waals surface area contributed by atoms with Crippen molar-refractivity contribution in [3.8, 4) is 11.5 Å². The average molecular weight is 414 g/mol. The van der Waals surface area contributed by atoms with Gasteiger partial charge in [-0.1, -0.05) is 6.07 Å². The first-order chi connectivity index (χ1) is 14.5. The zero-order valence-electron chi connectivity index (χ0n) is 17.1. The molecule has 0 radical (unpaired) electrons. The summed E-state index contributed by atoms with van der Waals surface area (Å²) in [7, 11) is 1.60. The van der Waals surface area contributed by atoms with E-state index in [2.05, 4.69) is 15.5 Å². The number of hydrogen-bond donors (Lipinski definition) is 2. The molecule has 2 fully saturated rings. The molecule has 2 atom stereocenters. The largest absolute Gasteiger partial charge is 0.493 e. The van der Waals surface area contributed by atoms with E-state index in [1.165, 1.54) is 0 Å². The van der Waals surface area contributed by atoms with Crippen molar-refractivity contribution in [2.24, 2.45) is 0 Å². The van der Waals surface area contributed by atoms with Crippen LogP contribution in [0.25, 0.3) is 0 Å². The quantitative estimate of drug-likeness (QED) is 0.716. The van der Waals surface area contributed by atoms with Crippen LogP contribution in [0.3, 0.4) is 0 Å². The molecule has 2 aromatic rings. The number of nitrogens with one attached hydrogen (secondary N) is 2. The fourth-order valence-corrected chi connectivity index (χ4v) is 3.82.